The van der Waals surface area contributed by atoms with Gasteiger partial charge < -0.3 is 10.2 Å². The van der Waals surface area contributed by atoms with Crippen LogP contribution in [0.15, 0.2) is 11.0 Å². The summed E-state index contributed by atoms with van der Waals surface area (Å²) in [6, 6.07) is 0.424. The molecule has 1 saturated heterocycles. The molecule has 1 aromatic heterocycles. The van der Waals surface area contributed by atoms with Gasteiger partial charge in [0.25, 0.3) is 5.56 Å². The van der Waals surface area contributed by atoms with Crippen molar-refractivity contribution >= 4 is 17.3 Å². The molecular weight excluding hydrogens is 252 g/mol. The van der Waals surface area contributed by atoms with Crippen LogP contribution in [0.25, 0.3) is 0 Å². The van der Waals surface area contributed by atoms with E-state index in [-0.39, 0.29) is 16.6 Å². The lowest BCUT2D eigenvalue weighted by atomic mass is 10.1. The van der Waals surface area contributed by atoms with Crippen molar-refractivity contribution in [2.75, 3.05) is 24.5 Å². The Hall–Kier alpha value is -1.07. The van der Waals surface area contributed by atoms with Gasteiger partial charge in [0.05, 0.1) is 24.0 Å². The van der Waals surface area contributed by atoms with Crippen LogP contribution in [-0.4, -0.2) is 35.5 Å². The summed E-state index contributed by atoms with van der Waals surface area (Å²) in [6.45, 7) is 8.56. The molecule has 1 aliphatic rings. The monoisotopic (exact) mass is 270 g/mol. The predicted octanol–water partition coefficient (Wildman–Crippen LogP) is 1.28. The summed E-state index contributed by atoms with van der Waals surface area (Å²) in [6.07, 6.45) is 1.70. The molecule has 0 saturated carbocycles. The van der Waals surface area contributed by atoms with Crippen molar-refractivity contribution in [1.82, 2.24) is 15.1 Å². The van der Waals surface area contributed by atoms with E-state index in [1.807, 2.05) is 13.8 Å². The van der Waals surface area contributed by atoms with E-state index in [9.17, 15) is 4.79 Å². The molecular formula is C12H19ClN4O. The quantitative estimate of drug-likeness (QED) is 0.895. The average Bonchev–Trinajstić information content (AvgIpc) is 2.27. The standard InChI is InChI=1S/C12H19ClN4O/c1-4-16(9-5-14-6-9)10-7-15-17(8(2)3)12(18)11(10)13/h7-9,14H,4-6H2,1-3H3. The van der Waals surface area contributed by atoms with Crippen molar-refractivity contribution in [2.24, 2.45) is 0 Å². The zero-order valence-corrected chi connectivity index (χ0v) is 11.7. The topological polar surface area (TPSA) is 50.2 Å². The van der Waals surface area contributed by atoms with Crippen molar-refractivity contribution < 1.29 is 0 Å². The largest absolute Gasteiger partial charge is 0.364 e. The zero-order valence-electron chi connectivity index (χ0n) is 11.0. The lowest BCUT2D eigenvalue weighted by Crippen LogP contribution is -2.57. The lowest BCUT2D eigenvalue weighted by molar-refractivity contribution is 0.415. The number of nitrogens with zero attached hydrogens (tertiary/aromatic N) is 3. The first-order valence-electron chi connectivity index (χ1n) is 6.31. The molecule has 1 N–H and O–H groups in total. The third-order valence-corrected chi connectivity index (χ3v) is 3.62. The number of likely N-dealkylation sites (N-methyl/N-ethyl adjacent to an activating group) is 1. The Bertz CT molecular complexity index is 481. The average molecular weight is 271 g/mol. The molecule has 18 heavy (non-hydrogen) atoms. The summed E-state index contributed by atoms with van der Waals surface area (Å²) in [5.74, 6) is 0. The molecule has 0 atom stereocenters. The maximum Gasteiger partial charge on any atom is 0.287 e. The number of nitrogens with one attached hydrogen (secondary N) is 1. The van der Waals surface area contributed by atoms with Crippen molar-refractivity contribution in [3.05, 3.63) is 21.6 Å². The fourth-order valence-electron chi connectivity index (χ4n) is 2.12. The molecule has 0 bridgehead atoms. The van der Waals surface area contributed by atoms with Crippen molar-refractivity contribution in [3.63, 3.8) is 0 Å². The molecule has 0 aromatic carbocycles. The molecule has 2 rings (SSSR count). The molecule has 0 radical (unpaired) electrons. The number of hydrogen-bond acceptors (Lipinski definition) is 4. The van der Waals surface area contributed by atoms with Crippen LogP contribution in [0.1, 0.15) is 26.8 Å². The van der Waals surface area contributed by atoms with E-state index in [0.717, 1.165) is 25.3 Å². The van der Waals surface area contributed by atoms with E-state index < -0.39 is 0 Å². The summed E-state index contributed by atoms with van der Waals surface area (Å²) in [7, 11) is 0. The molecule has 0 spiro atoms. The van der Waals surface area contributed by atoms with Gasteiger partial charge in [-0.3, -0.25) is 4.79 Å². The van der Waals surface area contributed by atoms with E-state index in [0.29, 0.717) is 6.04 Å². The van der Waals surface area contributed by atoms with Crippen LogP contribution in [0.5, 0.6) is 0 Å². The minimum absolute atomic E-state index is 0.0181. The van der Waals surface area contributed by atoms with E-state index >= 15 is 0 Å². The van der Waals surface area contributed by atoms with Crippen LogP contribution in [0, 0.1) is 0 Å². The second kappa shape index (κ2) is 5.28. The van der Waals surface area contributed by atoms with Gasteiger partial charge in [0, 0.05) is 19.6 Å². The first kappa shape index (κ1) is 13.4. The highest BCUT2D eigenvalue weighted by Gasteiger charge is 2.26. The Morgan fingerprint density at radius 3 is 2.72 bits per heavy atom. The molecule has 6 heteroatoms. The molecule has 1 aromatic rings. The third-order valence-electron chi connectivity index (χ3n) is 3.27. The predicted molar refractivity (Wildman–Crippen MR) is 73.6 cm³/mol. The van der Waals surface area contributed by atoms with E-state index in [4.69, 9.17) is 11.6 Å². The summed E-state index contributed by atoms with van der Waals surface area (Å²) < 4.78 is 1.42. The van der Waals surface area contributed by atoms with Crippen LogP contribution in [0.2, 0.25) is 5.02 Å². The van der Waals surface area contributed by atoms with Gasteiger partial charge in [-0.2, -0.15) is 5.10 Å². The van der Waals surface area contributed by atoms with Crippen molar-refractivity contribution in [2.45, 2.75) is 32.9 Å². The van der Waals surface area contributed by atoms with Crippen molar-refractivity contribution in [3.8, 4) is 0 Å². The highest BCUT2D eigenvalue weighted by Crippen LogP contribution is 2.24. The van der Waals surface area contributed by atoms with Gasteiger partial charge in [-0.1, -0.05) is 11.6 Å². The molecule has 5 nitrogen and oxygen atoms in total. The normalized spacial score (nSPS) is 15.8. The number of aromatic nitrogens is 2. The van der Waals surface area contributed by atoms with E-state index in [1.54, 1.807) is 6.20 Å². The molecule has 100 valence electrons. The summed E-state index contributed by atoms with van der Waals surface area (Å²) in [5, 5.41) is 7.70. The smallest absolute Gasteiger partial charge is 0.287 e. The van der Waals surface area contributed by atoms with Gasteiger partial charge in [0.15, 0.2) is 0 Å². The maximum absolute atomic E-state index is 12.1. The molecule has 1 aliphatic heterocycles. The Labute approximate surface area is 112 Å². The zero-order chi connectivity index (χ0) is 13.3. The van der Waals surface area contributed by atoms with Crippen LogP contribution in [0.4, 0.5) is 5.69 Å². The fourth-order valence-corrected chi connectivity index (χ4v) is 2.37. The van der Waals surface area contributed by atoms with Gasteiger partial charge in [-0.25, -0.2) is 4.68 Å². The van der Waals surface area contributed by atoms with Crippen LogP contribution < -0.4 is 15.8 Å². The van der Waals surface area contributed by atoms with E-state index in [1.165, 1.54) is 4.68 Å². The Balaban J connectivity index is 2.39. The van der Waals surface area contributed by atoms with Crippen LogP contribution >= 0.6 is 11.6 Å². The van der Waals surface area contributed by atoms with Crippen LogP contribution in [-0.2, 0) is 0 Å². The number of rotatable bonds is 4. The van der Waals surface area contributed by atoms with Gasteiger partial charge in [-0.15, -0.1) is 0 Å². The molecule has 0 amide bonds. The van der Waals surface area contributed by atoms with Gasteiger partial charge in [0.2, 0.25) is 0 Å². The highest BCUT2D eigenvalue weighted by atomic mass is 35.5. The third kappa shape index (κ3) is 2.24. The SMILES string of the molecule is CCN(c1cnn(C(C)C)c(=O)c1Cl)C1CNC1. The van der Waals surface area contributed by atoms with E-state index in [2.05, 4.69) is 22.2 Å². The van der Waals surface area contributed by atoms with Crippen LogP contribution in [0.3, 0.4) is 0 Å². The highest BCUT2D eigenvalue weighted by molar-refractivity contribution is 6.33. The maximum atomic E-state index is 12.1. The second-order valence-corrected chi connectivity index (χ2v) is 5.16. The van der Waals surface area contributed by atoms with Gasteiger partial charge >= 0.3 is 0 Å². The minimum Gasteiger partial charge on any atom is -0.364 e. The van der Waals surface area contributed by atoms with Gasteiger partial charge in [0.1, 0.15) is 5.02 Å². The Morgan fingerprint density at radius 2 is 2.28 bits per heavy atom. The lowest BCUT2D eigenvalue weighted by Gasteiger charge is -2.39. The molecule has 0 unspecified atom stereocenters. The number of hydrogen-bond donors (Lipinski definition) is 1. The van der Waals surface area contributed by atoms with Crippen molar-refractivity contribution in [1.29, 1.82) is 0 Å². The molecule has 2 heterocycles. The fraction of sp³-hybridized carbons (Fsp3) is 0.667. The first-order chi connectivity index (χ1) is 8.56. The Kier molecular flexibility index (Phi) is 3.92. The molecule has 1 fully saturated rings. The molecule has 0 aliphatic carbocycles. The minimum atomic E-state index is -0.213. The second-order valence-electron chi connectivity index (χ2n) is 4.79. The Morgan fingerprint density at radius 1 is 1.61 bits per heavy atom. The number of halogens is 1. The summed E-state index contributed by atoms with van der Waals surface area (Å²) >= 11 is 6.21. The summed E-state index contributed by atoms with van der Waals surface area (Å²) in [5.41, 5.74) is 0.530. The van der Waals surface area contributed by atoms with Gasteiger partial charge in [-0.05, 0) is 20.8 Å². The first-order valence-corrected chi connectivity index (χ1v) is 6.68. The summed E-state index contributed by atoms with van der Waals surface area (Å²) in [4.78, 5) is 14.2. The number of anilines is 1.